The van der Waals surface area contributed by atoms with Crippen molar-refractivity contribution in [1.82, 2.24) is 9.47 Å². The lowest BCUT2D eigenvalue weighted by atomic mass is 9.83. The van der Waals surface area contributed by atoms with Crippen molar-refractivity contribution in [3.63, 3.8) is 0 Å². The SMILES string of the molecule is O=C(Nc1ccc(F)cc1)N1C[C@H]2C[C@H](C1)c1ccc(NS(=O)(=O)c3cccs3)c(=O)n1C2. The van der Waals surface area contributed by atoms with Gasteiger partial charge in [-0.1, -0.05) is 6.07 Å². The molecule has 1 fully saturated rings. The maximum absolute atomic E-state index is 13.1. The van der Waals surface area contributed by atoms with E-state index in [0.717, 1.165) is 23.5 Å². The van der Waals surface area contributed by atoms with Crippen LogP contribution in [0.4, 0.5) is 20.6 Å². The zero-order valence-corrected chi connectivity index (χ0v) is 19.0. The van der Waals surface area contributed by atoms with Crippen molar-refractivity contribution < 1.29 is 17.6 Å². The molecule has 2 N–H and O–H groups in total. The third-order valence-electron chi connectivity index (χ3n) is 5.99. The standard InChI is InChI=1S/C22H21FN4O4S2/c23-16-3-5-17(6-4-16)24-22(29)26-11-14-10-15(13-26)19-8-7-18(21(28)27(19)12-14)25-33(30,31)20-2-1-9-32-20/h1-9,14-15,25H,10-13H2,(H,24,29)/t14-,15-/m1/s1. The number of pyridine rings is 1. The Labute approximate surface area is 193 Å². The molecule has 4 heterocycles. The number of aromatic nitrogens is 1. The molecule has 1 saturated heterocycles. The number of urea groups is 1. The molecule has 0 saturated carbocycles. The van der Waals surface area contributed by atoms with Crippen LogP contribution in [0.1, 0.15) is 18.0 Å². The quantitative estimate of drug-likeness (QED) is 0.587. The molecule has 2 atom stereocenters. The molecule has 2 bridgehead atoms. The normalized spacial score (nSPS) is 19.6. The summed E-state index contributed by atoms with van der Waals surface area (Å²) in [5, 5.41) is 4.45. The minimum atomic E-state index is -3.82. The minimum absolute atomic E-state index is 0.0121. The van der Waals surface area contributed by atoms with Gasteiger partial charge in [-0.25, -0.2) is 17.6 Å². The van der Waals surface area contributed by atoms with Gasteiger partial charge in [-0.15, -0.1) is 11.3 Å². The first-order valence-corrected chi connectivity index (χ1v) is 12.8. The van der Waals surface area contributed by atoms with Gasteiger partial charge in [0.25, 0.3) is 15.6 Å². The van der Waals surface area contributed by atoms with Gasteiger partial charge in [-0.2, -0.15) is 0 Å². The number of halogens is 1. The molecule has 172 valence electrons. The lowest BCUT2D eigenvalue weighted by molar-refractivity contribution is 0.139. The number of nitrogens with one attached hydrogen (secondary N) is 2. The average Bonchev–Trinajstić information content (AvgIpc) is 3.33. The van der Waals surface area contributed by atoms with Crippen LogP contribution in [-0.2, 0) is 16.6 Å². The smallest absolute Gasteiger partial charge is 0.321 e. The van der Waals surface area contributed by atoms with Gasteiger partial charge in [0, 0.05) is 36.9 Å². The Hall–Kier alpha value is -3.18. The Morgan fingerprint density at radius 1 is 1.06 bits per heavy atom. The fraction of sp³-hybridized carbons (Fsp3) is 0.273. The molecule has 1 aromatic carbocycles. The van der Waals surface area contributed by atoms with Crippen LogP contribution in [0.5, 0.6) is 0 Å². The first-order chi connectivity index (χ1) is 15.8. The highest BCUT2D eigenvalue weighted by atomic mass is 32.2. The fourth-order valence-corrected chi connectivity index (χ4v) is 6.59. The Balaban J connectivity index is 1.35. The van der Waals surface area contributed by atoms with Gasteiger partial charge < -0.3 is 14.8 Å². The zero-order valence-electron chi connectivity index (χ0n) is 17.4. The molecule has 5 rings (SSSR count). The predicted molar refractivity (Wildman–Crippen MR) is 124 cm³/mol. The number of anilines is 2. The molecular formula is C22H21FN4O4S2. The van der Waals surface area contributed by atoms with E-state index in [1.807, 2.05) is 0 Å². The number of carbonyl (C=O) groups excluding carboxylic acids is 1. The minimum Gasteiger partial charge on any atom is -0.324 e. The lowest BCUT2D eigenvalue weighted by Crippen LogP contribution is -2.50. The Kier molecular flexibility index (Phi) is 5.45. The number of likely N-dealkylation sites (tertiary alicyclic amines) is 1. The lowest BCUT2D eigenvalue weighted by Gasteiger charge is -2.42. The number of hydrogen-bond acceptors (Lipinski definition) is 5. The summed E-state index contributed by atoms with van der Waals surface area (Å²) in [5.41, 5.74) is 0.926. The average molecular weight is 489 g/mol. The van der Waals surface area contributed by atoms with Gasteiger partial charge in [0.05, 0.1) is 0 Å². The zero-order chi connectivity index (χ0) is 23.2. The summed E-state index contributed by atoms with van der Waals surface area (Å²) in [6.07, 6.45) is 0.847. The molecule has 3 aromatic rings. The van der Waals surface area contributed by atoms with Crippen molar-refractivity contribution >= 4 is 38.8 Å². The summed E-state index contributed by atoms with van der Waals surface area (Å²) in [6, 6.07) is 11.7. The van der Waals surface area contributed by atoms with Gasteiger partial charge in [-0.05, 0) is 60.2 Å². The molecule has 0 spiro atoms. The summed E-state index contributed by atoms with van der Waals surface area (Å²) in [7, 11) is -3.82. The molecule has 2 aliphatic rings. The van der Waals surface area contributed by atoms with Crippen LogP contribution in [0, 0.1) is 11.7 Å². The van der Waals surface area contributed by atoms with Crippen molar-refractivity contribution in [3.05, 3.63) is 75.8 Å². The Morgan fingerprint density at radius 2 is 1.85 bits per heavy atom. The molecule has 2 aromatic heterocycles. The van der Waals surface area contributed by atoms with E-state index in [-0.39, 0.29) is 39.1 Å². The monoisotopic (exact) mass is 488 g/mol. The molecule has 0 aliphatic carbocycles. The number of carbonyl (C=O) groups is 1. The van der Waals surface area contributed by atoms with E-state index in [1.165, 1.54) is 36.4 Å². The number of sulfonamides is 1. The van der Waals surface area contributed by atoms with Crippen molar-refractivity contribution in [2.75, 3.05) is 23.1 Å². The predicted octanol–water partition coefficient (Wildman–Crippen LogP) is 3.50. The van der Waals surface area contributed by atoms with E-state index < -0.39 is 10.0 Å². The molecule has 8 nitrogen and oxygen atoms in total. The van der Waals surface area contributed by atoms with Crippen molar-refractivity contribution in [2.45, 2.75) is 23.1 Å². The number of rotatable bonds is 4. The number of amides is 2. The number of nitrogens with zero attached hydrogens (tertiary/aromatic N) is 2. The Bertz CT molecular complexity index is 1350. The molecule has 11 heteroatoms. The molecule has 0 radical (unpaired) electrons. The van der Waals surface area contributed by atoms with Crippen LogP contribution in [0.25, 0.3) is 0 Å². The van der Waals surface area contributed by atoms with Gasteiger partial charge in [-0.3, -0.25) is 9.52 Å². The van der Waals surface area contributed by atoms with Crippen molar-refractivity contribution in [3.8, 4) is 0 Å². The summed E-state index contributed by atoms with van der Waals surface area (Å²) < 4.78 is 42.4. The van der Waals surface area contributed by atoms with Crippen molar-refractivity contribution in [1.29, 1.82) is 0 Å². The van der Waals surface area contributed by atoms with Crippen LogP contribution in [0.15, 0.2) is 62.9 Å². The number of benzene rings is 1. The number of hydrogen-bond donors (Lipinski definition) is 2. The molecule has 0 unspecified atom stereocenters. The summed E-state index contributed by atoms with van der Waals surface area (Å²) in [6.45, 7) is 1.31. The summed E-state index contributed by atoms with van der Waals surface area (Å²) in [5.74, 6) is -0.344. The molecule has 33 heavy (non-hydrogen) atoms. The van der Waals surface area contributed by atoms with Gasteiger partial charge in [0.1, 0.15) is 15.7 Å². The van der Waals surface area contributed by atoms with E-state index in [2.05, 4.69) is 10.0 Å². The number of fused-ring (bicyclic) bond motifs is 4. The van der Waals surface area contributed by atoms with E-state index >= 15 is 0 Å². The second-order valence-electron chi connectivity index (χ2n) is 8.27. The van der Waals surface area contributed by atoms with Crippen LogP contribution in [0.2, 0.25) is 0 Å². The molecular weight excluding hydrogens is 467 g/mol. The van der Waals surface area contributed by atoms with Crippen LogP contribution in [0.3, 0.4) is 0 Å². The first-order valence-electron chi connectivity index (χ1n) is 10.4. The highest BCUT2D eigenvalue weighted by molar-refractivity contribution is 7.94. The number of piperidine rings is 1. The van der Waals surface area contributed by atoms with E-state index in [1.54, 1.807) is 27.0 Å². The van der Waals surface area contributed by atoms with Gasteiger partial charge in [0.15, 0.2) is 0 Å². The summed E-state index contributed by atoms with van der Waals surface area (Å²) in [4.78, 5) is 27.6. The van der Waals surface area contributed by atoms with Crippen LogP contribution >= 0.6 is 11.3 Å². The first kappa shape index (κ1) is 21.7. The topological polar surface area (TPSA) is 101 Å². The molecule has 2 aliphatic heterocycles. The third-order valence-corrected chi connectivity index (χ3v) is 8.75. The number of thiophene rings is 1. The second kappa shape index (κ2) is 8.31. The second-order valence-corrected chi connectivity index (χ2v) is 11.1. The van der Waals surface area contributed by atoms with E-state index in [0.29, 0.717) is 25.3 Å². The Morgan fingerprint density at radius 3 is 2.58 bits per heavy atom. The van der Waals surface area contributed by atoms with Crippen LogP contribution in [-0.4, -0.2) is 37.0 Å². The largest absolute Gasteiger partial charge is 0.324 e. The fourth-order valence-electron chi connectivity index (χ4n) is 4.54. The van der Waals surface area contributed by atoms with E-state index in [9.17, 15) is 22.4 Å². The maximum Gasteiger partial charge on any atom is 0.321 e. The van der Waals surface area contributed by atoms with E-state index in [4.69, 9.17) is 0 Å². The van der Waals surface area contributed by atoms with Gasteiger partial charge in [0.2, 0.25) is 0 Å². The third kappa shape index (κ3) is 4.25. The molecule has 2 amide bonds. The highest BCUT2D eigenvalue weighted by Gasteiger charge is 2.37. The van der Waals surface area contributed by atoms with Crippen LogP contribution < -0.4 is 15.6 Å². The van der Waals surface area contributed by atoms with Crippen molar-refractivity contribution in [2.24, 2.45) is 5.92 Å². The van der Waals surface area contributed by atoms with Gasteiger partial charge >= 0.3 is 6.03 Å². The highest BCUT2D eigenvalue weighted by Crippen LogP contribution is 2.36. The maximum atomic E-state index is 13.1. The summed E-state index contributed by atoms with van der Waals surface area (Å²) >= 11 is 1.08.